The van der Waals surface area contributed by atoms with E-state index in [9.17, 15) is 4.79 Å². The van der Waals surface area contributed by atoms with Gasteiger partial charge < -0.3 is 20.2 Å². The monoisotopic (exact) mass is 288 g/mol. The molecule has 2 aromatic rings. The van der Waals surface area contributed by atoms with Crippen LogP contribution in [0.1, 0.15) is 23.0 Å². The van der Waals surface area contributed by atoms with Crippen LogP contribution in [-0.4, -0.2) is 19.0 Å². The summed E-state index contributed by atoms with van der Waals surface area (Å²) in [5.74, 6) is 1.02. The molecule has 3 N–H and O–H groups in total. The van der Waals surface area contributed by atoms with Crippen LogP contribution in [-0.2, 0) is 6.61 Å². The van der Waals surface area contributed by atoms with Crippen molar-refractivity contribution in [3.63, 3.8) is 0 Å². The summed E-state index contributed by atoms with van der Waals surface area (Å²) in [6.45, 7) is 3.31. The Hall–Kier alpha value is -2.27. The number of hydrogen-bond acceptors (Lipinski definition) is 4. The van der Waals surface area contributed by atoms with Gasteiger partial charge in [0.25, 0.3) is 5.91 Å². The number of para-hydroxylation sites is 1. The normalized spacial score (nSPS) is 11.9. The van der Waals surface area contributed by atoms with Crippen molar-refractivity contribution in [2.24, 2.45) is 11.7 Å². The Morgan fingerprint density at radius 1 is 1.33 bits per heavy atom. The van der Waals surface area contributed by atoms with Crippen LogP contribution in [0.2, 0.25) is 0 Å². The molecule has 0 aliphatic carbocycles. The zero-order valence-corrected chi connectivity index (χ0v) is 12.0. The number of hydrogen-bond donors (Lipinski definition) is 2. The van der Waals surface area contributed by atoms with Gasteiger partial charge in [-0.25, -0.2) is 0 Å². The lowest BCUT2D eigenvalue weighted by Crippen LogP contribution is -2.31. The quantitative estimate of drug-likeness (QED) is 0.818. The standard InChI is InChI=1S/C16H20N2O3/c1-12(9-17)10-18-16(19)15-13(7-8-20-15)11-21-14-5-3-2-4-6-14/h2-8,12H,9-11,17H2,1H3,(H,18,19). The van der Waals surface area contributed by atoms with E-state index in [1.165, 1.54) is 6.26 Å². The molecule has 0 saturated heterocycles. The van der Waals surface area contributed by atoms with Gasteiger partial charge in [0.05, 0.1) is 6.26 Å². The van der Waals surface area contributed by atoms with Crippen molar-refractivity contribution in [2.75, 3.05) is 13.1 Å². The minimum atomic E-state index is -0.244. The van der Waals surface area contributed by atoms with E-state index in [1.807, 2.05) is 37.3 Å². The molecule has 0 fully saturated rings. The molecule has 1 atom stereocenters. The predicted molar refractivity (Wildman–Crippen MR) is 80.0 cm³/mol. The molecular formula is C16H20N2O3. The Balaban J connectivity index is 1.93. The molecule has 1 aromatic carbocycles. The summed E-state index contributed by atoms with van der Waals surface area (Å²) >= 11 is 0. The van der Waals surface area contributed by atoms with Gasteiger partial charge in [-0.15, -0.1) is 0 Å². The number of nitrogens with one attached hydrogen (secondary N) is 1. The molecule has 21 heavy (non-hydrogen) atoms. The Labute approximate surface area is 124 Å². The largest absolute Gasteiger partial charge is 0.489 e. The minimum absolute atomic E-state index is 0.230. The molecule has 5 nitrogen and oxygen atoms in total. The number of carbonyl (C=O) groups is 1. The van der Waals surface area contributed by atoms with Crippen LogP contribution < -0.4 is 15.8 Å². The van der Waals surface area contributed by atoms with Crippen LogP contribution >= 0.6 is 0 Å². The first-order valence-corrected chi connectivity index (χ1v) is 6.93. The van der Waals surface area contributed by atoms with Crippen molar-refractivity contribution in [3.8, 4) is 5.75 Å². The minimum Gasteiger partial charge on any atom is -0.489 e. The zero-order valence-electron chi connectivity index (χ0n) is 12.0. The first kappa shape index (κ1) is 15.1. The molecule has 0 radical (unpaired) electrons. The number of carbonyl (C=O) groups excluding carboxylic acids is 1. The maximum Gasteiger partial charge on any atom is 0.287 e. The number of rotatable bonds is 7. The van der Waals surface area contributed by atoms with Crippen LogP contribution in [0, 0.1) is 5.92 Å². The van der Waals surface area contributed by atoms with Gasteiger partial charge in [-0.3, -0.25) is 4.79 Å². The third-order valence-corrected chi connectivity index (χ3v) is 3.10. The molecule has 1 heterocycles. The topological polar surface area (TPSA) is 77.5 Å². The van der Waals surface area contributed by atoms with Crippen molar-refractivity contribution >= 4 is 5.91 Å². The average molecular weight is 288 g/mol. The summed E-state index contributed by atoms with van der Waals surface area (Å²) in [5.41, 5.74) is 6.24. The average Bonchev–Trinajstić information content (AvgIpc) is 2.99. The molecule has 1 amide bonds. The van der Waals surface area contributed by atoms with E-state index in [-0.39, 0.29) is 24.2 Å². The van der Waals surface area contributed by atoms with E-state index in [4.69, 9.17) is 14.9 Å². The molecular weight excluding hydrogens is 268 g/mol. The predicted octanol–water partition coefficient (Wildman–Crippen LogP) is 2.18. The van der Waals surface area contributed by atoms with Gasteiger partial charge in [-0.1, -0.05) is 25.1 Å². The summed E-state index contributed by atoms with van der Waals surface area (Å²) in [6, 6.07) is 11.2. The first-order chi connectivity index (χ1) is 10.2. The summed E-state index contributed by atoms with van der Waals surface area (Å²) in [5, 5.41) is 2.81. The molecule has 5 heteroatoms. The van der Waals surface area contributed by atoms with Crippen molar-refractivity contribution in [1.29, 1.82) is 0 Å². The van der Waals surface area contributed by atoms with Crippen molar-refractivity contribution in [1.82, 2.24) is 5.32 Å². The maximum atomic E-state index is 12.1. The summed E-state index contributed by atoms with van der Waals surface area (Å²) in [4.78, 5) is 12.1. The third kappa shape index (κ3) is 4.36. The second-order valence-electron chi connectivity index (χ2n) is 4.93. The molecule has 0 aliphatic rings. The molecule has 1 aromatic heterocycles. The second kappa shape index (κ2) is 7.50. The lowest BCUT2D eigenvalue weighted by Gasteiger charge is -2.10. The van der Waals surface area contributed by atoms with Crippen molar-refractivity contribution in [3.05, 3.63) is 54.0 Å². The lowest BCUT2D eigenvalue weighted by atomic mass is 10.2. The Morgan fingerprint density at radius 2 is 2.10 bits per heavy atom. The number of benzene rings is 1. The van der Waals surface area contributed by atoms with Gasteiger partial charge in [0.15, 0.2) is 5.76 Å². The van der Waals surface area contributed by atoms with Crippen LogP contribution in [0.25, 0.3) is 0 Å². The van der Waals surface area contributed by atoms with Crippen LogP contribution in [0.4, 0.5) is 0 Å². The summed E-state index contributed by atoms with van der Waals surface area (Å²) in [6.07, 6.45) is 1.49. The highest BCUT2D eigenvalue weighted by molar-refractivity contribution is 5.92. The van der Waals surface area contributed by atoms with Gasteiger partial charge in [0.1, 0.15) is 12.4 Å². The highest BCUT2D eigenvalue weighted by Gasteiger charge is 2.16. The van der Waals surface area contributed by atoms with Crippen LogP contribution in [0.15, 0.2) is 47.1 Å². The third-order valence-electron chi connectivity index (χ3n) is 3.10. The van der Waals surface area contributed by atoms with Gasteiger partial charge in [-0.05, 0) is 30.7 Å². The van der Waals surface area contributed by atoms with Crippen LogP contribution in [0.3, 0.4) is 0 Å². The molecule has 0 spiro atoms. The summed E-state index contributed by atoms with van der Waals surface area (Å²) in [7, 11) is 0. The van der Waals surface area contributed by atoms with Gasteiger partial charge >= 0.3 is 0 Å². The van der Waals surface area contributed by atoms with E-state index < -0.39 is 0 Å². The van der Waals surface area contributed by atoms with E-state index in [1.54, 1.807) is 6.07 Å². The SMILES string of the molecule is CC(CN)CNC(=O)c1occc1COc1ccccc1. The highest BCUT2D eigenvalue weighted by atomic mass is 16.5. The fourth-order valence-corrected chi connectivity index (χ4v) is 1.76. The fourth-order valence-electron chi connectivity index (χ4n) is 1.76. The first-order valence-electron chi connectivity index (χ1n) is 6.93. The molecule has 1 unspecified atom stereocenters. The van der Waals surface area contributed by atoms with Crippen LogP contribution in [0.5, 0.6) is 5.75 Å². The van der Waals surface area contributed by atoms with E-state index in [2.05, 4.69) is 5.32 Å². The highest BCUT2D eigenvalue weighted by Crippen LogP contribution is 2.15. The van der Waals surface area contributed by atoms with Gasteiger partial charge in [0.2, 0.25) is 0 Å². The van der Waals surface area contributed by atoms with Gasteiger partial charge in [0, 0.05) is 12.1 Å². The van der Waals surface area contributed by atoms with Gasteiger partial charge in [-0.2, -0.15) is 0 Å². The second-order valence-corrected chi connectivity index (χ2v) is 4.93. The van der Waals surface area contributed by atoms with Crippen molar-refractivity contribution in [2.45, 2.75) is 13.5 Å². The molecule has 112 valence electrons. The Morgan fingerprint density at radius 3 is 2.81 bits per heavy atom. The lowest BCUT2D eigenvalue weighted by molar-refractivity contribution is 0.0917. The Kier molecular flexibility index (Phi) is 5.40. The van der Waals surface area contributed by atoms with E-state index in [0.29, 0.717) is 13.1 Å². The maximum absolute atomic E-state index is 12.1. The van der Waals surface area contributed by atoms with E-state index in [0.717, 1.165) is 11.3 Å². The number of nitrogens with two attached hydrogens (primary N) is 1. The molecule has 0 saturated carbocycles. The molecule has 0 bridgehead atoms. The van der Waals surface area contributed by atoms with Crippen molar-refractivity contribution < 1.29 is 13.9 Å². The number of furan rings is 1. The fraction of sp³-hybridized carbons (Fsp3) is 0.312. The molecule has 2 rings (SSSR count). The van der Waals surface area contributed by atoms with E-state index >= 15 is 0 Å². The Bertz CT molecular complexity index is 566. The molecule has 0 aliphatic heterocycles. The number of ether oxygens (including phenoxy) is 1. The zero-order chi connectivity index (χ0) is 15.1. The number of amides is 1. The smallest absolute Gasteiger partial charge is 0.287 e. The summed E-state index contributed by atoms with van der Waals surface area (Å²) < 4.78 is 10.9.